The number of nitrogens with zero attached hydrogens (tertiary/aromatic N) is 4. The van der Waals surface area contributed by atoms with Crippen LogP contribution in [0.1, 0.15) is 28.7 Å². The van der Waals surface area contributed by atoms with Crippen molar-refractivity contribution >= 4 is 28.6 Å². The molecule has 0 aromatic carbocycles. The second kappa shape index (κ2) is 7.06. The van der Waals surface area contributed by atoms with E-state index in [1.165, 1.54) is 6.20 Å². The standard InChI is InChI=1S/C17H17ClN4O3/c1-4-25-17(23)13-8-20-16-14(15(13)18)10(2)21-22(16)9-11-5-6-12(24-3)7-19-11/h5-8H,4,9H2,1-3H3. The molecule has 3 aromatic rings. The highest BCUT2D eigenvalue weighted by Gasteiger charge is 2.20. The number of carbonyl (C=O) groups is 1. The number of ether oxygens (including phenoxy) is 2. The Morgan fingerprint density at radius 1 is 1.28 bits per heavy atom. The van der Waals surface area contributed by atoms with E-state index >= 15 is 0 Å². The number of hydrogen-bond donors (Lipinski definition) is 0. The van der Waals surface area contributed by atoms with Crippen molar-refractivity contribution in [1.82, 2.24) is 19.7 Å². The smallest absolute Gasteiger partial charge is 0.341 e. The van der Waals surface area contributed by atoms with Gasteiger partial charge in [0, 0.05) is 6.20 Å². The molecule has 3 aromatic heterocycles. The van der Waals surface area contributed by atoms with Gasteiger partial charge in [0.2, 0.25) is 0 Å². The molecule has 0 aliphatic carbocycles. The lowest BCUT2D eigenvalue weighted by atomic mass is 10.2. The molecule has 130 valence electrons. The van der Waals surface area contributed by atoms with Crippen LogP contribution in [0.3, 0.4) is 0 Å². The molecular formula is C17H17ClN4O3. The van der Waals surface area contributed by atoms with E-state index in [-0.39, 0.29) is 12.2 Å². The van der Waals surface area contributed by atoms with Crippen molar-refractivity contribution in [3.8, 4) is 5.75 Å². The van der Waals surface area contributed by atoms with E-state index in [9.17, 15) is 4.79 Å². The van der Waals surface area contributed by atoms with Crippen molar-refractivity contribution in [2.75, 3.05) is 13.7 Å². The van der Waals surface area contributed by atoms with Gasteiger partial charge in [-0.3, -0.25) is 4.98 Å². The molecule has 0 amide bonds. The van der Waals surface area contributed by atoms with Crippen molar-refractivity contribution in [1.29, 1.82) is 0 Å². The van der Waals surface area contributed by atoms with E-state index in [0.717, 1.165) is 5.69 Å². The van der Waals surface area contributed by atoms with Gasteiger partial charge in [0.05, 0.1) is 53.8 Å². The Morgan fingerprint density at radius 2 is 2.08 bits per heavy atom. The van der Waals surface area contributed by atoms with Gasteiger partial charge in [-0.15, -0.1) is 0 Å². The fourth-order valence-corrected chi connectivity index (χ4v) is 2.86. The van der Waals surface area contributed by atoms with Gasteiger partial charge < -0.3 is 9.47 Å². The summed E-state index contributed by atoms with van der Waals surface area (Å²) in [6.45, 7) is 4.26. The average Bonchev–Trinajstić information content (AvgIpc) is 2.92. The summed E-state index contributed by atoms with van der Waals surface area (Å²) < 4.78 is 11.8. The summed E-state index contributed by atoms with van der Waals surface area (Å²) in [6, 6.07) is 3.69. The summed E-state index contributed by atoms with van der Waals surface area (Å²) >= 11 is 6.41. The predicted octanol–water partition coefficient (Wildman–Crippen LogP) is 3.02. The van der Waals surface area contributed by atoms with Gasteiger partial charge in [0.1, 0.15) is 5.75 Å². The second-order valence-corrected chi connectivity index (χ2v) is 5.72. The maximum absolute atomic E-state index is 12.0. The second-order valence-electron chi connectivity index (χ2n) is 5.34. The lowest BCUT2D eigenvalue weighted by Crippen LogP contribution is -2.07. The Bertz CT molecular complexity index is 922. The number of esters is 1. The molecule has 0 bridgehead atoms. The Morgan fingerprint density at radius 3 is 2.72 bits per heavy atom. The summed E-state index contributed by atoms with van der Waals surface area (Å²) in [5.41, 5.74) is 2.32. The van der Waals surface area contributed by atoms with Crippen LogP contribution in [-0.4, -0.2) is 39.4 Å². The van der Waals surface area contributed by atoms with E-state index in [0.29, 0.717) is 34.0 Å². The maximum atomic E-state index is 12.0. The van der Waals surface area contributed by atoms with E-state index in [1.54, 1.807) is 24.9 Å². The molecule has 0 fully saturated rings. The van der Waals surface area contributed by atoms with Crippen molar-refractivity contribution in [2.24, 2.45) is 0 Å². The van der Waals surface area contributed by atoms with Crippen molar-refractivity contribution in [2.45, 2.75) is 20.4 Å². The highest BCUT2D eigenvalue weighted by atomic mass is 35.5. The van der Waals surface area contributed by atoms with E-state index in [4.69, 9.17) is 21.1 Å². The van der Waals surface area contributed by atoms with Crippen molar-refractivity contribution in [3.63, 3.8) is 0 Å². The number of pyridine rings is 2. The first-order chi connectivity index (χ1) is 12.0. The largest absolute Gasteiger partial charge is 0.495 e. The number of rotatable bonds is 5. The predicted molar refractivity (Wildman–Crippen MR) is 93.1 cm³/mol. The summed E-state index contributed by atoms with van der Waals surface area (Å²) in [4.78, 5) is 20.7. The number of methoxy groups -OCH3 is 1. The van der Waals surface area contributed by atoms with Crippen LogP contribution in [0.4, 0.5) is 0 Å². The van der Waals surface area contributed by atoms with Gasteiger partial charge >= 0.3 is 5.97 Å². The van der Waals surface area contributed by atoms with Crippen LogP contribution >= 0.6 is 11.6 Å². The van der Waals surface area contributed by atoms with Crippen LogP contribution in [0.15, 0.2) is 24.5 Å². The van der Waals surface area contributed by atoms with Crippen LogP contribution in [0, 0.1) is 6.92 Å². The number of aromatic nitrogens is 4. The highest BCUT2D eigenvalue weighted by Crippen LogP contribution is 2.29. The van der Waals surface area contributed by atoms with Gasteiger partial charge in [-0.2, -0.15) is 5.10 Å². The fourth-order valence-electron chi connectivity index (χ4n) is 2.51. The Kier molecular flexibility index (Phi) is 4.85. The third-order valence-corrected chi connectivity index (χ3v) is 4.11. The van der Waals surface area contributed by atoms with E-state index in [1.807, 2.05) is 19.1 Å². The molecule has 0 saturated heterocycles. The zero-order valence-electron chi connectivity index (χ0n) is 14.1. The first kappa shape index (κ1) is 17.2. The summed E-state index contributed by atoms with van der Waals surface area (Å²) in [5, 5.41) is 5.42. The Labute approximate surface area is 149 Å². The molecule has 0 atom stereocenters. The Hall–Kier alpha value is -2.67. The normalized spacial score (nSPS) is 10.9. The van der Waals surface area contributed by atoms with E-state index < -0.39 is 5.97 Å². The van der Waals surface area contributed by atoms with Gasteiger partial charge in [0.15, 0.2) is 5.65 Å². The molecule has 0 aliphatic heterocycles. The molecule has 3 rings (SSSR count). The van der Waals surface area contributed by atoms with Crippen molar-refractivity contribution < 1.29 is 14.3 Å². The quantitative estimate of drug-likeness (QED) is 0.651. The minimum Gasteiger partial charge on any atom is -0.495 e. The molecule has 0 radical (unpaired) electrons. The minimum absolute atomic E-state index is 0.237. The molecule has 8 heteroatoms. The van der Waals surface area contributed by atoms with Crippen LogP contribution in [0.5, 0.6) is 5.75 Å². The molecule has 3 heterocycles. The van der Waals surface area contributed by atoms with Gasteiger partial charge in [0.25, 0.3) is 0 Å². The van der Waals surface area contributed by atoms with Gasteiger partial charge in [-0.25, -0.2) is 14.5 Å². The summed E-state index contributed by atoms with van der Waals surface area (Å²) in [5.74, 6) is 0.191. The van der Waals surface area contributed by atoms with Gasteiger partial charge in [-0.05, 0) is 26.0 Å². The van der Waals surface area contributed by atoms with Crippen LogP contribution in [-0.2, 0) is 11.3 Å². The topological polar surface area (TPSA) is 79.1 Å². The first-order valence-corrected chi connectivity index (χ1v) is 8.10. The maximum Gasteiger partial charge on any atom is 0.341 e. The fraction of sp³-hybridized carbons (Fsp3) is 0.294. The SMILES string of the molecule is CCOC(=O)c1cnc2c(c(C)nn2Cc2ccc(OC)cn2)c1Cl. The lowest BCUT2D eigenvalue weighted by molar-refractivity contribution is 0.0526. The van der Waals surface area contributed by atoms with Crippen LogP contribution in [0.25, 0.3) is 11.0 Å². The summed E-state index contributed by atoms with van der Waals surface area (Å²) in [6.07, 6.45) is 3.06. The molecule has 25 heavy (non-hydrogen) atoms. The minimum atomic E-state index is -0.495. The number of fused-ring (bicyclic) bond motifs is 1. The van der Waals surface area contributed by atoms with Crippen LogP contribution < -0.4 is 4.74 Å². The summed E-state index contributed by atoms with van der Waals surface area (Å²) in [7, 11) is 1.59. The molecule has 0 aliphatic rings. The van der Waals surface area contributed by atoms with Crippen molar-refractivity contribution in [3.05, 3.63) is 46.5 Å². The zero-order chi connectivity index (χ0) is 18.0. The Balaban J connectivity index is 2.00. The first-order valence-electron chi connectivity index (χ1n) is 7.72. The molecule has 7 nitrogen and oxygen atoms in total. The lowest BCUT2D eigenvalue weighted by Gasteiger charge is -2.06. The molecule has 0 unspecified atom stereocenters. The third kappa shape index (κ3) is 3.28. The van der Waals surface area contributed by atoms with E-state index in [2.05, 4.69) is 15.1 Å². The highest BCUT2D eigenvalue weighted by molar-refractivity contribution is 6.38. The number of aryl methyl sites for hydroxylation is 1. The number of carbonyl (C=O) groups excluding carboxylic acids is 1. The molecule has 0 spiro atoms. The monoisotopic (exact) mass is 360 g/mol. The molecule has 0 saturated carbocycles. The van der Waals surface area contributed by atoms with Gasteiger partial charge in [-0.1, -0.05) is 11.6 Å². The number of halogens is 1. The third-order valence-electron chi connectivity index (χ3n) is 3.71. The number of hydrogen-bond acceptors (Lipinski definition) is 6. The zero-order valence-corrected chi connectivity index (χ0v) is 14.9. The molecule has 0 N–H and O–H groups in total. The average molecular weight is 361 g/mol. The van der Waals surface area contributed by atoms with Crippen LogP contribution in [0.2, 0.25) is 5.02 Å². The molecular weight excluding hydrogens is 344 g/mol.